The molecule has 1 aromatic heterocycles. The second kappa shape index (κ2) is 9.28. The highest BCUT2D eigenvalue weighted by Crippen LogP contribution is 2.31. The molecule has 0 saturated carbocycles. The maximum Gasteiger partial charge on any atom is 0.328 e. The zero-order valence-electron chi connectivity index (χ0n) is 17.5. The van der Waals surface area contributed by atoms with Crippen LogP contribution < -0.4 is 4.74 Å². The number of fused-ring (bicyclic) bond motifs is 1. The van der Waals surface area contributed by atoms with Crippen LogP contribution in [0.4, 0.5) is 13.6 Å². The molecule has 0 radical (unpaired) electrons. The number of ether oxygens (including phenoxy) is 1. The van der Waals surface area contributed by atoms with Gasteiger partial charge in [-0.2, -0.15) is 4.39 Å². The van der Waals surface area contributed by atoms with E-state index in [1.807, 2.05) is 0 Å². The highest BCUT2D eigenvalue weighted by atomic mass is 35.5. The van der Waals surface area contributed by atoms with Crippen molar-refractivity contribution < 1.29 is 28.2 Å². The lowest BCUT2D eigenvalue weighted by molar-refractivity contribution is -0.137. The lowest BCUT2D eigenvalue weighted by Crippen LogP contribution is -2.65. The van der Waals surface area contributed by atoms with E-state index in [0.29, 0.717) is 10.7 Å². The fraction of sp³-hybridized carbons (Fsp3) is 0.333. The number of aliphatic imine (C=N–C) groups is 1. The zero-order chi connectivity index (χ0) is 23.7. The van der Waals surface area contributed by atoms with Gasteiger partial charge in [0.05, 0.1) is 17.3 Å². The quantitative estimate of drug-likeness (QED) is 0.682. The van der Waals surface area contributed by atoms with E-state index in [1.165, 1.54) is 35.2 Å². The van der Waals surface area contributed by atoms with Gasteiger partial charge in [0.1, 0.15) is 0 Å². The van der Waals surface area contributed by atoms with Crippen molar-refractivity contribution in [2.24, 2.45) is 4.99 Å². The van der Waals surface area contributed by atoms with E-state index in [-0.39, 0.29) is 32.1 Å². The molecule has 4 rings (SSSR count). The van der Waals surface area contributed by atoms with Gasteiger partial charge < -0.3 is 19.6 Å². The number of hydrogen-bond donors (Lipinski definition) is 1. The highest BCUT2D eigenvalue weighted by molar-refractivity contribution is 6.30. The van der Waals surface area contributed by atoms with E-state index < -0.39 is 41.5 Å². The first kappa shape index (κ1) is 22.9. The van der Waals surface area contributed by atoms with Crippen LogP contribution in [0.15, 0.2) is 41.5 Å². The Kier molecular flexibility index (Phi) is 6.43. The summed E-state index contributed by atoms with van der Waals surface area (Å²) < 4.78 is 33.6. The van der Waals surface area contributed by atoms with Gasteiger partial charge in [-0.15, -0.1) is 0 Å². The predicted octanol–water partition coefficient (Wildman–Crippen LogP) is 2.23. The number of aliphatic hydroxyl groups excluding tert-OH is 1. The molecule has 2 aliphatic heterocycles. The zero-order valence-corrected chi connectivity index (χ0v) is 18.2. The third-order valence-electron chi connectivity index (χ3n) is 5.33. The van der Waals surface area contributed by atoms with Crippen molar-refractivity contribution in [3.05, 3.63) is 58.9 Å². The summed E-state index contributed by atoms with van der Waals surface area (Å²) in [6, 6.07) is 4.97. The summed E-state index contributed by atoms with van der Waals surface area (Å²) in [6.45, 7) is -0.157. The standard InChI is InChI=1S/C21H20ClF2N5O4/c1-27-18-17(19(31)28(21(27)32)8-3-9-30)29(11-13-7-6-12(22)10-25-13)20(26-18)33-15-5-2-4-14(23)16(15)24/h2,4-7,10,17-18,30H,3,8-9,11H2,1H3. The monoisotopic (exact) mass is 479 g/mol. The number of rotatable bonds is 6. The molecule has 1 saturated heterocycles. The molecule has 2 aromatic rings. The summed E-state index contributed by atoms with van der Waals surface area (Å²) >= 11 is 5.91. The van der Waals surface area contributed by atoms with E-state index >= 15 is 0 Å². The van der Waals surface area contributed by atoms with Gasteiger partial charge in [-0.1, -0.05) is 17.7 Å². The second-order valence-corrected chi connectivity index (χ2v) is 7.92. The molecule has 0 spiro atoms. The maximum atomic E-state index is 14.3. The molecule has 174 valence electrons. The minimum atomic E-state index is -1.21. The fourth-order valence-corrected chi connectivity index (χ4v) is 3.79. The number of halogens is 3. The van der Waals surface area contributed by atoms with E-state index in [1.54, 1.807) is 12.1 Å². The molecule has 1 fully saturated rings. The molecule has 1 aromatic carbocycles. The van der Waals surface area contributed by atoms with E-state index in [4.69, 9.17) is 21.4 Å². The Hall–Kier alpha value is -3.31. The van der Waals surface area contributed by atoms with Gasteiger partial charge in [-0.05, 0) is 30.7 Å². The third kappa shape index (κ3) is 4.33. The molecule has 0 aliphatic carbocycles. The minimum Gasteiger partial charge on any atom is -0.423 e. The Balaban J connectivity index is 1.71. The van der Waals surface area contributed by atoms with Gasteiger partial charge in [0.2, 0.25) is 5.82 Å². The van der Waals surface area contributed by atoms with Crippen molar-refractivity contribution in [3.8, 4) is 5.75 Å². The minimum absolute atomic E-state index is 0.0173. The molecule has 12 heteroatoms. The predicted molar refractivity (Wildman–Crippen MR) is 113 cm³/mol. The summed E-state index contributed by atoms with van der Waals surface area (Å²) in [6.07, 6.45) is 0.690. The van der Waals surface area contributed by atoms with Crippen molar-refractivity contribution in [1.82, 2.24) is 19.7 Å². The molecule has 3 amide bonds. The number of amidine groups is 1. The summed E-state index contributed by atoms with van der Waals surface area (Å²) in [7, 11) is 1.48. The molecule has 3 heterocycles. The second-order valence-electron chi connectivity index (χ2n) is 7.48. The van der Waals surface area contributed by atoms with Crippen LogP contribution >= 0.6 is 11.6 Å². The van der Waals surface area contributed by atoms with Crippen molar-refractivity contribution in [2.75, 3.05) is 20.2 Å². The summed E-state index contributed by atoms with van der Waals surface area (Å²) in [4.78, 5) is 38.3. The first-order valence-corrected chi connectivity index (χ1v) is 10.5. The van der Waals surface area contributed by atoms with Crippen LogP contribution in [-0.4, -0.2) is 75.2 Å². The SMILES string of the molecule is CN1C(=O)N(CCCO)C(=O)C2C1N=C(Oc1cccc(F)c1F)N2Cc1ccc(Cl)cn1. The molecule has 9 nitrogen and oxygen atoms in total. The Morgan fingerprint density at radius 3 is 2.70 bits per heavy atom. The number of pyridine rings is 1. The number of imide groups is 1. The molecule has 1 N–H and O–H groups in total. The van der Waals surface area contributed by atoms with Crippen LogP contribution in [0.3, 0.4) is 0 Å². The van der Waals surface area contributed by atoms with Gasteiger partial charge in [0, 0.05) is 26.4 Å². The average molecular weight is 480 g/mol. The lowest BCUT2D eigenvalue weighted by atomic mass is 10.1. The van der Waals surface area contributed by atoms with Crippen LogP contribution in [0.1, 0.15) is 12.1 Å². The Morgan fingerprint density at radius 1 is 1.21 bits per heavy atom. The maximum absolute atomic E-state index is 14.3. The number of benzene rings is 1. The van der Waals surface area contributed by atoms with E-state index in [0.717, 1.165) is 11.0 Å². The van der Waals surface area contributed by atoms with Gasteiger partial charge in [-0.3, -0.25) is 14.7 Å². The molecule has 2 unspecified atom stereocenters. The Bertz CT molecular complexity index is 1100. The van der Waals surface area contributed by atoms with Crippen LogP contribution in [-0.2, 0) is 11.3 Å². The topological polar surface area (TPSA) is 98.6 Å². The van der Waals surface area contributed by atoms with Crippen LogP contribution in [0.25, 0.3) is 0 Å². The highest BCUT2D eigenvalue weighted by Gasteiger charge is 2.53. The summed E-state index contributed by atoms with van der Waals surface area (Å²) in [5, 5.41) is 9.56. The third-order valence-corrected chi connectivity index (χ3v) is 5.56. The largest absolute Gasteiger partial charge is 0.423 e. The first-order chi connectivity index (χ1) is 15.8. The number of carbonyl (C=O) groups excluding carboxylic acids is 2. The first-order valence-electron chi connectivity index (χ1n) is 10.1. The number of aliphatic hydroxyl groups is 1. The van der Waals surface area contributed by atoms with Crippen molar-refractivity contribution in [1.29, 1.82) is 0 Å². The number of aromatic nitrogens is 1. The van der Waals surface area contributed by atoms with E-state index in [9.17, 15) is 18.4 Å². The number of amides is 3. The molecular formula is C21H20ClF2N5O4. The number of likely N-dealkylation sites (N-methyl/N-ethyl adjacent to an activating group) is 1. The average Bonchev–Trinajstić information content (AvgIpc) is 3.15. The number of carbonyl (C=O) groups is 2. The van der Waals surface area contributed by atoms with E-state index in [2.05, 4.69) is 9.98 Å². The van der Waals surface area contributed by atoms with Crippen molar-refractivity contribution >= 4 is 29.6 Å². The lowest BCUT2D eigenvalue weighted by Gasteiger charge is -2.41. The van der Waals surface area contributed by atoms with Gasteiger partial charge in [0.25, 0.3) is 11.9 Å². The van der Waals surface area contributed by atoms with Gasteiger partial charge in [0.15, 0.2) is 23.8 Å². The Morgan fingerprint density at radius 2 is 2.00 bits per heavy atom. The normalized spacial score (nSPS) is 20.3. The Labute approximate surface area is 192 Å². The fourth-order valence-electron chi connectivity index (χ4n) is 3.68. The molecule has 2 atom stereocenters. The van der Waals surface area contributed by atoms with Gasteiger partial charge >= 0.3 is 6.03 Å². The number of nitrogens with zero attached hydrogens (tertiary/aromatic N) is 5. The smallest absolute Gasteiger partial charge is 0.328 e. The molecular weight excluding hydrogens is 460 g/mol. The number of hydrogen-bond acceptors (Lipinski definition) is 7. The van der Waals surface area contributed by atoms with Crippen LogP contribution in [0, 0.1) is 11.6 Å². The molecule has 33 heavy (non-hydrogen) atoms. The molecule has 0 bridgehead atoms. The number of urea groups is 1. The van der Waals surface area contributed by atoms with Crippen molar-refractivity contribution in [3.63, 3.8) is 0 Å². The van der Waals surface area contributed by atoms with Crippen LogP contribution in [0.5, 0.6) is 5.75 Å². The molecule has 2 aliphatic rings. The van der Waals surface area contributed by atoms with Gasteiger partial charge in [-0.25, -0.2) is 14.2 Å². The summed E-state index contributed by atoms with van der Waals surface area (Å²) in [5.41, 5.74) is 0.505. The van der Waals surface area contributed by atoms with Crippen LogP contribution in [0.2, 0.25) is 5.02 Å². The van der Waals surface area contributed by atoms with Crippen molar-refractivity contribution in [2.45, 2.75) is 25.2 Å². The summed E-state index contributed by atoms with van der Waals surface area (Å²) in [5.74, 6) is -3.28.